The van der Waals surface area contributed by atoms with E-state index in [4.69, 9.17) is 5.11 Å². The van der Waals surface area contributed by atoms with Crippen LogP contribution in [0.1, 0.15) is 51.9 Å². The van der Waals surface area contributed by atoms with Crippen molar-refractivity contribution in [1.29, 1.82) is 0 Å². The van der Waals surface area contributed by atoms with E-state index in [2.05, 4.69) is 4.90 Å². The largest absolute Gasteiger partial charge is 0.481 e. The maximum Gasteiger partial charge on any atom is 0.306 e. The molecule has 2 fully saturated rings. The average molecular weight is 239 g/mol. The van der Waals surface area contributed by atoms with Crippen LogP contribution in [0.5, 0.6) is 0 Å². The Bertz CT molecular complexity index is 253. The molecule has 3 heteroatoms. The van der Waals surface area contributed by atoms with Gasteiger partial charge in [0, 0.05) is 19.1 Å². The third kappa shape index (κ3) is 3.21. The van der Waals surface area contributed by atoms with Gasteiger partial charge >= 0.3 is 5.97 Å². The minimum Gasteiger partial charge on any atom is -0.481 e. The second-order valence-electron chi connectivity index (χ2n) is 5.84. The minimum atomic E-state index is -0.632. The lowest BCUT2D eigenvalue weighted by atomic mass is 9.84. The molecule has 0 aromatic heterocycles. The van der Waals surface area contributed by atoms with Crippen LogP contribution < -0.4 is 0 Å². The first kappa shape index (κ1) is 12.9. The van der Waals surface area contributed by atoms with Gasteiger partial charge in [0.05, 0.1) is 5.92 Å². The summed E-state index contributed by atoms with van der Waals surface area (Å²) < 4.78 is 0. The van der Waals surface area contributed by atoms with E-state index in [-0.39, 0.29) is 5.92 Å². The highest BCUT2D eigenvalue weighted by atomic mass is 16.4. The molecule has 1 N–H and O–H groups in total. The fourth-order valence-electron chi connectivity index (χ4n) is 3.16. The Hall–Kier alpha value is -0.570. The van der Waals surface area contributed by atoms with Crippen molar-refractivity contribution in [2.24, 2.45) is 11.8 Å². The molecule has 0 spiro atoms. The molecule has 0 radical (unpaired) electrons. The first-order valence-electron chi connectivity index (χ1n) is 7.15. The minimum absolute atomic E-state index is 0.167. The average Bonchev–Trinajstić information content (AvgIpc) is 2.17. The smallest absolute Gasteiger partial charge is 0.306 e. The van der Waals surface area contributed by atoms with E-state index in [1.54, 1.807) is 0 Å². The number of rotatable bonds is 3. The van der Waals surface area contributed by atoms with Crippen molar-refractivity contribution >= 4 is 5.97 Å². The first-order valence-corrected chi connectivity index (χ1v) is 7.15. The van der Waals surface area contributed by atoms with Crippen LogP contribution in [0.4, 0.5) is 0 Å². The van der Waals surface area contributed by atoms with Gasteiger partial charge in [-0.15, -0.1) is 0 Å². The van der Waals surface area contributed by atoms with Crippen LogP contribution in [0.15, 0.2) is 0 Å². The summed E-state index contributed by atoms with van der Waals surface area (Å²) in [5, 5.41) is 8.98. The molecule has 17 heavy (non-hydrogen) atoms. The molecule has 2 aliphatic rings. The van der Waals surface area contributed by atoms with Gasteiger partial charge in [-0.2, -0.15) is 0 Å². The predicted octanol–water partition coefficient (Wildman–Crippen LogP) is 2.75. The van der Waals surface area contributed by atoms with Crippen LogP contribution in [0.25, 0.3) is 0 Å². The molecule has 1 aliphatic carbocycles. The fraction of sp³-hybridized carbons (Fsp3) is 0.929. The van der Waals surface area contributed by atoms with Crippen molar-refractivity contribution in [3.8, 4) is 0 Å². The van der Waals surface area contributed by atoms with Gasteiger partial charge in [0.15, 0.2) is 0 Å². The van der Waals surface area contributed by atoms with Crippen molar-refractivity contribution < 1.29 is 9.90 Å². The van der Waals surface area contributed by atoms with E-state index in [0.29, 0.717) is 5.92 Å². The summed E-state index contributed by atoms with van der Waals surface area (Å²) in [7, 11) is 0. The summed E-state index contributed by atoms with van der Waals surface area (Å²) in [5.74, 6) is -0.412. The Balaban J connectivity index is 1.75. The molecule has 1 atom stereocenters. The molecule has 0 bridgehead atoms. The predicted molar refractivity (Wildman–Crippen MR) is 68.0 cm³/mol. The number of hydrogen-bond donors (Lipinski definition) is 1. The summed E-state index contributed by atoms with van der Waals surface area (Å²) in [6, 6.07) is 0.743. The van der Waals surface area contributed by atoms with E-state index in [1.807, 2.05) is 6.92 Å². The molecule has 1 saturated heterocycles. The Morgan fingerprint density at radius 3 is 2.18 bits per heavy atom. The monoisotopic (exact) mass is 239 g/mol. The van der Waals surface area contributed by atoms with Gasteiger partial charge in [-0.05, 0) is 18.8 Å². The number of carboxylic acid groups (broad SMARTS) is 1. The van der Waals surface area contributed by atoms with E-state index >= 15 is 0 Å². The third-order valence-corrected chi connectivity index (χ3v) is 4.63. The summed E-state index contributed by atoms with van der Waals surface area (Å²) >= 11 is 0. The number of hydrogen-bond acceptors (Lipinski definition) is 2. The summed E-state index contributed by atoms with van der Waals surface area (Å²) in [5.41, 5.74) is 0. The highest BCUT2D eigenvalue weighted by Crippen LogP contribution is 2.30. The maximum absolute atomic E-state index is 10.9. The zero-order valence-electron chi connectivity index (χ0n) is 10.9. The maximum atomic E-state index is 10.9. The number of likely N-dealkylation sites (tertiary alicyclic amines) is 1. The number of aliphatic carboxylic acids is 1. The van der Waals surface area contributed by atoms with Crippen molar-refractivity contribution in [3.63, 3.8) is 0 Å². The molecule has 0 aromatic carbocycles. The summed E-state index contributed by atoms with van der Waals surface area (Å²) in [4.78, 5) is 13.4. The SMILES string of the molecule is CC(C(=O)O)C1CN(C2CCCCCCC2)C1. The van der Waals surface area contributed by atoms with Crippen LogP contribution in [0.2, 0.25) is 0 Å². The zero-order valence-corrected chi connectivity index (χ0v) is 10.9. The lowest BCUT2D eigenvalue weighted by molar-refractivity contribution is -0.146. The first-order chi connectivity index (χ1) is 8.18. The Labute approximate surface area is 104 Å². The Kier molecular flexibility index (Phi) is 4.43. The molecule has 0 aromatic rings. The topological polar surface area (TPSA) is 40.5 Å². The van der Waals surface area contributed by atoms with Gasteiger partial charge in [-0.1, -0.05) is 39.0 Å². The Morgan fingerprint density at radius 2 is 1.65 bits per heavy atom. The van der Waals surface area contributed by atoms with Crippen molar-refractivity contribution in [2.45, 2.75) is 57.9 Å². The summed E-state index contributed by atoms with van der Waals surface area (Å²) in [6.07, 6.45) is 9.56. The molecule has 1 heterocycles. The van der Waals surface area contributed by atoms with Crippen LogP contribution in [-0.4, -0.2) is 35.1 Å². The molecule has 2 rings (SSSR count). The number of carbonyl (C=O) groups is 1. The molecule has 1 unspecified atom stereocenters. The highest BCUT2D eigenvalue weighted by molar-refractivity contribution is 5.70. The molecule has 0 amide bonds. The van der Waals surface area contributed by atoms with Crippen LogP contribution >= 0.6 is 0 Å². The van der Waals surface area contributed by atoms with Crippen molar-refractivity contribution in [1.82, 2.24) is 4.90 Å². The molecular weight excluding hydrogens is 214 g/mol. The standard InChI is InChI=1S/C14H25NO2/c1-11(14(16)17)12-9-15(10-12)13-7-5-3-2-4-6-8-13/h11-13H,2-10H2,1H3,(H,16,17). The van der Waals surface area contributed by atoms with E-state index < -0.39 is 5.97 Å². The van der Waals surface area contributed by atoms with E-state index in [0.717, 1.165) is 19.1 Å². The van der Waals surface area contributed by atoms with Crippen LogP contribution in [0.3, 0.4) is 0 Å². The van der Waals surface area contributed by atoms with Gasteiger partial charge in [0.1, 0.15) is 0 Å². The third-order valence-electron chi connectivity index (χ3n) is 4.63. The van der Waals surface area contributed by atoms with Gasteiger partial charge in [-0.3, -0.25) is 9.69 Å². The second kappa shape index (κ2) is 5.85. The van der Waals surface area contributed by atoms with Crippen LogP contribution in [0, 0.1) is 11.8 Å². The normalized spacial score (nSPS) is 26.9. The van der Waals surface area contributed by atoms with Gasteiger partial charge in [-0.25, -0.2) is 0 Å². The molecule has 3 nitrogen and oxygen atoms in total. The van der Waals surface area contributed by atoms with Crippen molar-refractivity contribution in [2.75, 3.05) is 13.1 Å². The molecule has 1 saturated carbocycles. The number of carboxylic acids is 1. The number of nitrogens with zero attached hydrogens (tertiary/aromatic N) is 1. The lowest BCUT2D eigenvalue weighted by Gasteiger charge is -2.46. The molecule has 1 aliphatic heterocycles. The quantitative estimate of drug-likeness (QED) is 0.823. The van der Waals surface area contributed by atoms with Crippen LogP contribution in [-0.2, 0) is 4.79 Å². The summed E-state index contributed by atoms with van der Waals surface area (Å²) in [6.45, 7) is 3.87. The van der Waals surface area contributed by atoms with Gasteiger partial charge in [0.2, 0.25) is 0 Å². The van der Waals surface area contributed by atoms with Crippen molar-refractivity contribution in [3.05, 3.63) is 0 Å². The van der Waals surface area contributed by atoms with E-state index in [9.17, 15) is 4.79 Å². The fourth-order valence-corrected chi connectivity index (χ4v) is 3.16. The van der Waals surface area contributed by atoms with Gasteiger partial charge in [0.25, 0.3) is 0 Å². The zero-order chi connectivity index (χ0) is 12.3. The van der Waals surface area contributed by atoms with E-state index in [1.165, 1.54) is 44.9 Å². The lowest BCUT2D eigenvalue weighted by Crippen LogP contribution is -2.55. The highest BCUT2D eigenvalue weighted by Gasteiger charge is 2.37. The molecule has 98 valence electrons. The second-order valence-corrected chi connectivity index (χ2v) is 5.84. The Morgan fingerprint density at radius 1 is 1.12 bits per heavy atom. The van der Waals surface area contributed by atoms with Gasteiger partial charge < -0.3 is 5.11 Å². The molecular formula is C14H25NO2.